The molecule has 2 amide bonds. The van der Waals surface area contributed by atoms with Crippen molar-refractivity contribution in [3.8, 4) is 0 Å². The monoisotopic (exact) mass is 272 g/mol. The molecule has 0 fully saturated rings. The molecule has 0 aliphatic heterocycles. The topological polar surface area (TPSA) is 79.4 Å². The molecule has 0 aliphatic rings. The van der Waals surface area contributed by atoms with Crippen molar-refractivity contribution in [2.45, 2.75) is 6.92 Å². The molecule has 6 heteroatoms. The van der Waals surface area contributed by atoms with Gasteiger partial charge in [0.2, 0.25) is 12.2 Å². The number of carbonyl (C=O) groups excluding carboxylic acids is 3. The SMILES string of the molecule is C=CC(=O)N(C[C]=O)c1ncccc1NC(=O)/C=C/C. The molecule has 1 aromatic rings. The van der Waals surface area contributed by atoms with Gasteiger partial charge in [0.15, 0.2) is 5.82 Å². The van der Waals surface area contributed by atoms with E-state index in [2.05, 4.69) is 16.9 Å². The van der Waals surface area contributed by atoms with Crippen LogP contribution >= 0.6 is 0 Å². The van der Waals surface area contributed by atoms with Crippen LogP contribution in [-0.2, 0) is 14.4 Å². The fraction of sp³-hybridized carbons (Fsp3) is 0.143. The normalized spacial score (nSPS) is 10.1. The molecule has 1 radical (unpaired) electrons. The average molecular weight is 272 g/mol. The van der Waals surface area contributed by atoms with Gasteiger partial charge in [0, 0.05) is 6.20 Å². The first-order valence-corrected chi connectivity index (χ1v) is 5.81. The minimum atomic E-state index is -0.506. The first-order chi connectivity index (χ1) is 9.63. The van der Waals surface area contributed by atoms with E-state index in [1.165, 1.54) is 12.3 Å². The van der Waals surface area contributed by atoms with Gasteiger partial charge in [-0.25, -0.2) is 4.98 Å². The Labute approximate surface area is 116 Å². The highest BCUT2D eigenvalue weighted by molar-refractivity contribution is 6.07. The highest BCUT2D eigenvalue weighted by atomic mass is 16.2. The summed E-state index contributed by atoms with van der Waals surface area (Å²) in [5, 5.41) is 2.58. The van der Waals surface area contributed by atoms with Gasteiger partial charge in [-0.2, -0.15) is 0 Å². The molecule has 103 valence electrons. The summed E-state index contributed by atoms with van der Waals surface area (Å²) in [7, 11) is 0. The molecule has 0 spiro atoms. The maximum atomic E-state index is 11.7. The number of amides is 2. The molecule has 0 saturated carbocycles. The lowest BCUT2D eigenvalue weighted by Gasteiger charge is -2.19. The van der Waals surface area contributed by atoms with Crippen LogP contribution in [0.15, 0.2) is 43.1 Å². The minimum absolute atomic E-state index is 0.165. The van der Waals surface area contributed by atoms with Crippen molar-refractivity contribution >= 4 is 29.6 Å². The van der Waals surface area contributed by atoms with Crippen LogP contribution in [-0.4, -0.2) is 29.6 Å². The Morgan fingerprint density at radius 3 is 2.90 bits per heavy atom. The molecule has 0 atom stereocenters. The Hall–Kier alpha value is -2.76. The molecule has 1 aromatic heterocycles. The van der Waals surface area contributed by atoms with Crippen molar-refractivity contribution in [1.29, 1.82) is 0 Å². The van der Waals surface area contributed by atoms with Crippen molar-refractivity contribution in [1.82, 2.24) is 4.98 Å². The number of hydrogen-bond donors (Lipinski definition) is 1. The van der Waals surface area contributed by atoms with Crippen LogP contribution < -0.4 is 10.2 Å². The van der Waals surface area contributed by atoms with Gasteiger partial charge < -0.3 is 5.32 Å². The van der Waals surface area contributed by atoms with Gasteiger partial charge in [0.25, 0.3) is 5.91 Å². The Balaban J connectivity index is 3.14. The molecular weight excluding hydrogens is 258 g/mol. The van der Waals surface area contributed by atoms with Gasteiger partial charge in [0.05, 0.1) is 12.2 Å². The van der Waals surface area contributed by atoms with Crippen molar-refractivity contribution in [2.75, 3.05) is 16.8 Å². The molecule has 0 aromatic carbocycles. The van der Waals surface area contributed by atoms with Gasteiger partial charge in [-0.15, -0.1) is 0 Å². The molecule has 0 aliphatic carbocycles. The Morgan fingerprint density at radius 1 is 1.55 bits per heavy atom. The van der Waals surface area contributed by atoms with Gasteiger partial charge >= 0.3 is 0 Å². The predicted molar refractivity (Wildman–Crippen MR) is 75.9 cm³/mol. The summed E-state index contributed by atoms with van der Waals surface area (Å²) < 4.78 is 0. The lowest BCUT2D eigenvalue weighted by atomic mass is 10.3. The molecular formula is C14H14N3O3. The van der Waals surface area contributed by atoms with E-state index in [4.69, 9.17) is 0 Å². The van der Waals surface area contributed by atoms with Crippen LogP contribution in [0.5, 0.6) is 0 Å². The molecule has 1 heterocycles. The fourth-order valence-electron chi connectivity index (χ4n) is 1.47. The highest BCUT2D eigenvalue weighted by Crippen LogP contribution is 2.22. The van der Waals surface area contributed by atoms with E-state index in [1.807, 2.05) is 0 Å². The van der Waals surface area contributed by atoms with Crippen LogP contribution in [0.3, 0.4) is 0 Å². The zero-order chi connectivity index (χ0) is 15.0. The molecule has 20 heavy (non-hydrogen) atoms. The first kappa shape index (κ1) is 15.3. The molecule has 1 rings (SSSR count). The third kappa shape index (κ3) is 3.88. The zero-order valence-corrected chi connectivity index (χ0v) is 11.0. The maximum absolute atomic E-state index is 11.7. The van der Waals surface area contributed by atoms with Crippen LogP contribution in [0.4, 0.5) is 11.5 Å². The standard InChI is InChI=1S/C14H14N3O3/c1-3-6-12(19)16-11-7-5-8-15-14(11)17(9-10-18)13(20)4-2/h3-8H,2,9H2,1H3,(H,16,19)/b6-3+. The lowest BCUT2D eigenvalue weighted by molar-refractivity contribution is -0.114. The third-order valence-electron chi connectivity index (χ3n) is 2.28. The van der Waals surface area contributed by atoms with E-state index in [-0.39, 0.29) is 18.3 Å². The maximum Gasteiger partial charge on any atom is 0.252 e. The number of nitrogens with one attached hydrogen (secondary N) is 1. The highest BCUT2D eigenvalue weighted by Gasteiger charge is 2.18. The van der Waals surface area contributed by atoms with Crippen molar-refractivity contribution in [3.05, 3.63) is 43.1 Å². The van der Waals surface area contributed by atoms with Crippen LogP contribution in [0, 0.1) is 0 Å². The summed E-state index contributed by atoms with van der Waals surface area (Å²) >= 11 is 0. The number of pyridine rings is 1. The van der Waals surface area contributed by atoms with E-state index >= 15 is 0 Å². The number of hydrogen-bond acceptors (Lipinski definition) is 4. The van der Waals surface area contributed by atoms with Gasteiger partial charge in [-0.05, 0) is 31.2 Å². The Bertz CT molecular complexity index is 552. The second-order valence-corrected chi connectivity index (χ2v) is 3.64. The Kier molecular flexibility index (Phi) is 5.83. The minimum Gasteiger partial charge on any atom is -0.319 e. The molecule has 0 saturated heterocycles. The summed E-state index contributed by atoms with van der Waals surface area (Å²) in [6.07, 6.45) is 7.06. The third-order valence-corrected chi connectivity index (χ3v) is 2.28. The lowest BCUT2D eigenvalue weighted by Crippen LogP contribution is -2.32. The van der Waals surface area contributed by atoms with Crippen LogP contribution in [0.25, 0.3) is 0 Å². The summed E-state index contributed by atoms with van der Waals surface area (Å²) in [6, 6.07) is 3.19. The molecule has 1 N–H and O–H groups in total. The molecule has 0 bridgehead atoms. The van der Waals surface area contributed by atoms with Crippen LogP contribution in [0.1, 0.15) is 6.92 Å². The summed E-state index contributed by atoms with van der Waals surface area (Å²) in [5.74, 6) is -0.699. The van der Waals surface area contributed by atoms with E-state index < -0.39 is 5.91 Å². The molecule has 6 nitrogen and oxygen atoms in total. The van der Waals surface area contributed by atoms with Gasteiger partial charge in [-0.1, -0.05) is 12.7 Å². The second kappa shape index (κ2) is 7.63. The summed E-state index contributed by atoms with van der Waals surface area (Å²) in [6.45, 7) is 4.77. The molecule has 0 unspecified atom stereocenters. The van der Waals surface area contributed by atoms with Gasteiger partial charge in [0.1, 0.15) is 0 Å². The van der Waals surface area contributed by atoms with E-state index in [9.17, 15) is 14.4 Å². The van der Waals surface area contributed by atoms with Gasteiger partial charge in [-0.3, -0.25) is 19.3 Å². The average Bonchev–Trinajstić information content (AvgIpc) is 2.45. The van der Waals surface area contributed by atoms with E-state index in [0.29, 0.717) is 5.69 Å². The summed E-state index contributed by atoms with van der Waals surface area (Å²) in [4.78, 5) is 38.9. The number of aromatic nitrogens is 1. The van der Waals surface area contributed by atoms with Crippen LogP contribution in [0.2, 0.25) is 0 Å². The number of anilines is 2. The number of nitrogens with zero attached hydrogens (tertiary/aromatic N) is 2. The van der Waals surface area contributed by atoms with Crippen molar-refractivity contribution in [3.63, 3.8) is 0 Å². The van der Waals surface area contributed by atoms with E-state index in [1.54, 1.807) is 31.4 Å². The predicted octanol–water partition coefficient (Wildman–Crippen LogP) is 1.22. The number of allylic oxidation sites excluding steroid dienone is 1. The van der Waals surface area contributed by atoms with Crippen molar-refractivity contribution in [2.24, 2.45) is 0 Å². The van der Waals surface area contributed by atoms with E-state index in [0.717, 1.165) is 11.0 Å². The Morgan fingerprint density at radius 2 is 2.30 bits per heavy atom. The first-order valence-electron chi connectivity index (χ1n) is 5.81. The number of rotatable bonds is 6. The fourth-order valence-corrected chi connectivity index (χ4v) is 1.47. The second-order valence-electron chi connectivity index (χ2n) is 3.64. The smallest absolute Gasteiger partial charge is 0.252 e. The van der Waals surface area contributed by atoms with Crippen molar-refractivity contribution < 1.29 is 14.4 Å². The number of carbonyl (C=O) groups is 2. The largest absolute Gasteiger partial charge is 0.319 e. The summed E-state index contributed by atoms with van der Waals surface area (Å²) in [5.41, 5.74) is 0.320. The zero-order valence-electron chi connectivity index (χ0n) is 11.0. The quantitative estimate of drug-likeness (QED) is 0.790.